The fourth-order valence-corrected chi connectivity index (χ4v) is 1.75. The summed E-state index contributed by atoms with van der Waals surface area (Å²) in [6, 6.07) is 2.96. The van der Waals surface area contributed by atoms with Gasteiger partial charge in [0.2, 0.25) is 0 Å². The second-order valence-electron chi connectivity index (χ2n) is 3.95. The standard InChI is InChI=1S/C13H14FN3O2/c1-7-4-11(18-2)9(14)5-8(7)10-6-16-12(15)13(17-10)19-3/h4-6H,1-3H3,(H2,15,16). The van der Waals surface area contributed by atoms with Gasteiger partial charge in [-0.1, -0.05) is 0 Å². The third-order valence-electron chi connectivity index (χ3n) is 2.74. The average Bonchev–Trinajstić information content (AvgIpc) is 2.41. The average molecular weight is 263 g/mol. The van der Waals surface area contributed by atoms with Crippen molar-refractivity contribution >= 4 is 5.82 Å². The lowest BCUT2D eigenvalue weighted by Crippen LogP contribution is -2.00. The lowest BCUT2D eigenvalue weighted by molar-refractivity contribution is 0.386. The fraction of sp³-hybridized carbons (Fsp3) is 0.231. The van der Waals surface area contributed by atoms with Gasteiger partial charge in [-0.3, -0.25) is 0 Å². The predicted molar refractivity (Wildman–Crippen MR) is 69.7 cm³/mol. The molecule has 0 aliphatic rings. The number of halogens is 1. The van der Waals surface area contributed by atoms with Crippen molar-refractivity contribution in [1.29, 1.82) is 0 Å². The van der Waals surface area contributed by atoms with Crippen LogP contribution in [0.5, 0.6) is 11.6 Å². The summed E-state index contributed by atoms with van der Waals surface area (Å²) in [5.41, 5.74) is 7.52. The highest BCUT2D eigenvalue weighted by atomic mass is 19.1. The van der Waals surface area contributed by atoms with Crippen LogP contribution in [0.25, 0.3) is 11.3 Å². The van der Waals surface area contributed by atoms with E-state index in [1.165, 1.54) is 26.5 Å². The second kappa shape index (κ2) is 5.09. The van der Waals surface area contributed by atoms with E-state index in [-0.39, 0.29) is 17.4 Å². The number of nitrogen functional groups attached to an aromatic ring is 1. The highest BCUT2D eigenvalue weighted by Gasteiger charge is 2.12. The fourth-order valence-electron chi connectivity index (χ4n) is 1.75. The predicted octanol–water partition coefficient (Wildman–Crippen LogP) is 2.19. The Hall–Kier alpha value is -2.37. The summed E-state index contributed by atoms with van der Waals surface area (Å²) in [6.07, 6.45) is 1.48. The van der Waals surface area contributed by atoms with Gasteiger partial charge < -0.3 is 15.2 Å². The van der Waals surface area contributed by atoms with E-state index in [2.05, 4.69) is 9.97 Å². The molecule has 0 spiro atoms. The van der Waals surface area contributed by atoms with Crippen LogP contribution in [0.1, 0.15) is 5.56 Å². The molecule has 1 aromatic heterocycles. The molecule has 19 heavy (non-hydrogen) atoms. The smallest absolute Gasteiger partial charge is 0.257 e. The Bertz CT molecular complexity index is 617. The minimum absolute atomic E-state index is 0.191. The van der Waals surface area contributed by atoms with Gasteiger partial charge in [0, 0.05) is 5.56 Å². The van der Waals surface area contributed by atoms with Gasteiger partial charge in [0.1, 0.15) is 0 Å². The third-order valence-corrected chi connectivity index (χ3v) is 2.74. The molecule has 2 aromatic rings. The van der Waals surface area contributed by atoms with Gasteiger partial charge in [-0.25, -0.2) is 14.4 Å². The highest BCUT2D eigenvalue weighted by molar-refractivity contribution is 5.66. The van der Waals surface area contributed by atoms with Gasteiger partial charge in [0.25, 0.3) is 5.88 Å². The molecule has 0 saturated carbocycles. The van der Waals surface area contributed by atoms with Crippen LogP contribution >= 0.6 is 0 Å². The van der Waals surface area contributed by atoms with Gasteiger partial charge in [0.15, 0.2) is 17.4 Å². The van der Waals surface area contributed by atoms with E-state index in [4.69, 9.17) is 15.2 Å². The Morgan fingerprint density at radius 1 is 1.21 bits per heavy atom. The molecule has 1 aromatic carbocycles. The van der Waals surface area contributed by atoms with E-state index in [0.29, 0.717) is 11.3 Å². The van der Waals surface area contributed by atoms with Gasteiger partial charge in [-0.15, -0.1) is 0 Å². The first-order valence-corrected chi connectivity index (χ1v) is 5.57. The van der Waals surface area contributed by atoms with Crippen molar-refractivity contribution in [2.45, 2.75) is 6.92 Å². The van der Waals surface area contributed by atoms with E-state index >= 15 is 0 Å². The molecule has 0 unspecified atom stereocenters. The molecule has 0 aliphatic heterocycles. The Kier molecular flexibility index (Phi) is 3.50. The minimum atomic E-state index is -0.458. The number of rotatable bonds is 3. The first-order chi connectivity index (χ1) is 9.06. The lowest BCUT2D eigenvalue weighted by Gasteiger charge is -2.10. The van der Waals surface area contributed by atoms with E-state index in [1.807, 2.05) is 6.92 Å². The van der Waals surface area contributed by atoms with Crippen molar-refractivity contribution in [3.05, 3.63) is 29.7 Å². The van der Waals surface area contributed by atoms with Gasteiger partial charge in [-0.2, -0.15) is 0 Å². The molecule has 0 fully saturated rings. The number of anilines is 1. The molecular weight excluding hydrogens is 249 g/mol. The molecule has 2 rings (SSSR count). The summed E-state index contributed by atoms with van der Waals surface area (Å²) in [7, 11) is 2.87. The zero-order chi connectivity index (χ0) is 14.0. The van der Waals surface area contributed by atoms with Crippen molar-refractivity contribution in [3.8, 4) is 22.9 Å². The van der Waals surface area contributed by atoms with Crippen LogP contribution < -0.4 is 15.2 Å². The van der Waals surface area contributed by atoms with Crippen LogP contribution in [0.4, 0.5) is 10.2 Å². The van der Waals surface area contributed by atoms with E-state index in [1.54, 1.807) is 6.07 Å². The number of aryl methyl sites for hydroxylation is 1. The summed E-state index contributed by atoms with van der Waals surface area (Å²) < 4.78 is 23.7. The van der Waals surface area contributed by atoms with Gasteiger partial charge in [-0.05, 0) is 24.6 Å². The molecule has 2 N–H and O–H groups in total. The van der Waals surface area contributed by atoms with Crippen LogP contribution in [0, 0.1) is 12.7 Å². The first kappa shape index (κ1) is 13.1. The Morgan fingerprint density at radius 3 is 2.58 bits per heavy atom. The zero-order valence-electron chi connectivity index (χ0n) is 10.9. The van der Waals surface area contributed by atoms with Crippen LogP contribution in [0.15, 0.2) is 18.3 Å². The lowest BCUT2D eigenvalue weighted by atomic mass is 10.1. The number of hydrogen-bond donors (Lipinski definition) is 1. The van der Waals surface area contributed by atoms with Crippen LogP contribution in [0.2, 0.25) is 0 Å². The maximum atomic E-state index is 13.7. The number of hydrogen-bond acceptors (Lipinski definition) is 5. The van der Waals surface area contributed by atoms with Crippen molar-refractivity contribution < 1.29 is 13.9 Å². The van der Waals surface area contributed by atoms with Crippen LogP contribution in [-0.2, 0) is 0 Å². The number of ether oxygens (including phenoxy) is 2. The maximum Gasteiger partial charge on any atom is 0.257 e. The highest BCUT2D eigenvalue weighted by Crippen LogP contribution is 2.29. The van der Waals surface area contributed by atoms with Crippen molar-refractivity contribution in [2.75, 3.05) is 20.0 Å². The number of aromatic nitrogens is 2. The summed E-state index contributed by atoms with van der Waals surface area (Å²) in [5.74, 6) is 0.142. The van der Waals surface area contributed by atoms with Crippen molar-refractivity contribution in [3.63, 3.8) is 0 Å². The van der Waals surface area contributed by atoms with Gasteiger partial charge in [0.05, 0.1) is 26.1 Å². The molecule has 5 nitrogen and oxygen atoms in total. The molecule has 1 heterocycles. The Morgan fingerprint density at radius 2 is 1.95 bits per heavy atom. The zero-order valence-corrected chi connectivity index (χ0v) is 10.9. The summed E-state index contributed by atoms with van der Waals surface area (Å²) in [6.45, 7) is 1.84. The van der Waals surface area contributed by atoms with Crippen molar-refractivity contribution in [2.24, 2.45) is 0 Å². The van der Waals surface area contributed by atoms with E-state index in [9.17, 15) is 4.39 Å². The SMILES string of the molecule is COc1cc(C)c(-c2cnc(N)c(OC)n2)cc1F. The topological polar surface area (TPSA) is 70.3 Å². The number of nitrogens with zero attached hydrogens (tertiary/aromatic N) is 2. The largest absolute Gasteiger partial charge is 0.494 e. The third kappa shape index (κ3) is 2.42. The van der Waals surface area contributed by atoms with Crippen LogP contribution in [-0.4, -0.2) is 24.2 Å². The first-order valence-electron chi connectivity index (χ1n) is 5.57. The number of benzene rings is 1. The normalized spacial score (nSPS) is 10.3. The molecule has 100 valence electrons. The molecule has 0 saturated heterocycles. The van der Waals surface area contributed by atoms with E-state index in [0.717, 1.165) is 5.56 Å². The summed E-state index contributed by atoms with van der Waals surface area (Å²) >= 11 is 0. The molecule has 0 atom stereocenters. The molecule has 6 heteroatoms. The molecule has 0 amide bonds. The summed E-state index contributed by atoms with van der Waals surface area (Å²) in [4.78, 5) is 8.18. The minimum Gasteiger partial charge on any atom is -0.494 e. The van der Waals surface area contributed by atoms with Crippen molar-refractivity contribution in [1.82, 2.24) is 9.97 Å². The Labute approximate surface area is 110 Å². The second-order valence-corrected chi connectivity index (χ2v) is 3.95. The van der Waals surface area contributed by atoms with Crippen LogP contribution in [0.3, 0.4) is 0 Å². The molecular formula is C13H14FN3O2. The number of methoxy groups -OCH3 is 2. The van der Waals surface area contributed by atoms with Gasteiger partial charge >= 0.3 is 0 Å². The maximum absolute atomic E-state index is 13.7. The van der Waals surface area contributed by atoms with E-state index < -0.39 is 5.82 Å². The quantitative estimate of drug-likeness (QED) is 0.919. The molecule has 0 radical (unpaired) electrons. The monoisotopic (exact) mass is 263 g/mol. The summed E-state index contributed by atoms with van der Waals surface area (Å²) in [5, 5.41) is 0. The Balaban J connectivity index is 2.56. The molecule has 0 aliphatic carbocycles. The number of nitrogens with two attached hydrogens (primary N) is 1. The molecule has 0 bridgehead atoms.